The summed E-state index contributed by atoms with van der Waals surface area (Å²) >= 11 is 0. The van der Waals surface area contributed by atoms with Gasteiger partial charge in [0.2, 0.25) is 5.91 Å². The Morgan fingerprint density at radius 1 is 1.33 bits per heavy atom. The molecule has 0 bridgehead atoms. The van der Waals surface area contributed by atoms with E-state index in [9.17, 15) is 9.18 Å². The number of hydrogen-bond donors (Lipinski definition) is 0. The van der Waals surface area contributed by atoms with E-state index in [4.69, 9.17) is 4.74 Å². The molecule has 3 heterocycles. The number of nitrogens with zero attached hydrogens (tertiary/aromatic N) is 4. The van der Waals surface area contributed by atoms with Crippen LogP contribution in [0.15, 0.2) is 30.5 Å². The number of aromatic nitrogens is 3. The first-order chi connectivity index (χ1) is 11.7. The molecule has 2 aromatic rings. The van der Waals surface area contributed by atoms with Crippen LogP contribution >= 0.6 is 0 Å². The van der Waals surface area contributed by atoms with Crippen LogP contribution in [-0.4, -0.2) is 45.0 Å². The van der Waals surface area contributed by atoms with Gasteiger partial charge in [0.05, 0.1) is 30.6 Å². The predicted molar refractivity (Wildman–Crippen MR) is 83.6 cm³/mol. The number of benzene rings is 1. The van der Waals surface area contributed by atoms with Crippen molar-refractivity contribution in [3.05, 3.63) is 47.5 Å². The van der Waals surface area contributed by atoms with Gasteiger partial charge < -0.3 is 9.64 Å². The van der Waals surface area contributed by atoms with E-state index in [0.717, 1.165) is 17.7 Å². The van der Waals surface area contributed by atoms with Crippen molar-refractivity contribution in [2.75, 3.05) is 13.1 Å². The first kappa shape index (κ1) is 15.3. The minimum absolute atomic E-state index is 0.0253. The van der Waals surface area contributed by atoms with Crippen LogP contribution in [0.5, 0.6) is 0 Å². The molecule has 1 aromatic heterocycles. The second kappa shape index (κ2) is 6.32. The average molecular weight is 330 g/mol. The van der Waals surface area contributed by atoms with Crippen molar-refractivity contribution in [1.82, 2.24) is 19.9 Å². The molecular weight excluding hydrogens is 311 g/mol. The van der Waals surface area contributed by atoms with Crippen LogP contribution in [0, 0.1) is 5.82 Å². The smallest absolute Gasteiger partial charge is 0.222 e. The van der Waals surface area contributed by atoms with E-state index in [1.54, 1.807) is 18.3 Å². The zero-order valence-corrected chi connectivity index (χ0v) is 13.3. The van der Waals surface area contributed by atoms with Gasteiger partial charge in [0.1, 0.15) is 5.82 Å². The monoisotopic (exact) mass is 330 g/mol. The zero-order chi connectivity index (χ0) is 16.5. The van der Waals surface area contributed by atoms with E-state index in [0.29, 0.717) is 32.5 Å². The molecule has 0 aliphatic carbocycles. The first-order valence-electron chi connectivity index (χ1n) is 8.23. The second-order valence-electron chi connectivity index (χ2n) is 6.34. The third-order valence-corrected chi connectivity index (χ3v) is 4.83. The van der Waals surface area contributed by atoms with Crippen molar-refractivity contribution in [3.63, 3.8) is 0 Å². The van der Waals surface area contributed by atoms with E-state index in [-0.39, 0.29) is 23.9 Å². The van der Waals surface area contributed by atoms with Gasteiger partial charge in [0.15, 0.2) is 0 Å². The molecule has 0 unspecified atom stereocenters. The number of hydrogen-bond acceptors (Lipinski definition) is 4. The summed E-state index contributed by atoms with van der Waals surface area (Å²) in [6.45, 7) is 1.78. The molecule has 1 amide bonds. The molecule has 0 radical (unpaired) electrons. The Kier molecular flexibility index (Phi) is 4.02. The standard InChI is InChI=1S/C17H19FN4O2/c18-13-4-1-12(2-5-13)3-6-17(23)21-8-7-15-16(10-21)24-11-14-9-19-20-22(14)15/h1-2,4-5,9,15-16H,3,6-8,10-11H2/t15-,16-/m0/s1. The maximum atomic E-state index is 12.9. The quantitative estimate of drug-likeness (QED) is 0.860. The summed E-state index contributed by atoms with van der Waals surface area (Å²) in [7, 11) is 0. The summed E-state index contributed by atoms with van der Waals surface area (Å²) in [4.78, 5) is 14.3. The van der Waals surface area contributed by atoms with Crippen molar-refractivity contribution in [1.29, 1.82) is 0 Å². The average Bonchev–Trinajstić information content (AvgIpc) is 3.09. The topological polar surface area (TPSA) is 60.3 Å². The number of amides is 1. The van der Waals surface area contributed by atoms with Crippen LogP contribution in [-0.2, 0) is 22.6 Å². The lowest BCUT2D eigenvalue weighted by molar-refractivity contribution is -0.139. The Morgan fingerprint density at radius 2 is 2.17 bits per heavy atom. The molecule has 24 heavy (non-hydrogen) atoms. The lowest BCUT2D eigenvalue weighted by Gasteiger charge is -2.41. The normalized spacial score (nSPS) is 22.8. The fourth-order valence-electron chi connectivity index (χ4n) is 3.47. The van der Waals surface area contributed by atoms with E-state index in [1.165, 1.54) is 12.1 Å². The van der Waals surface area contributed by atoms with Gasteiger partial charge in [-0.25, -0.2) is 9.07 Å². The van der Waals surface area contributed by atoms with Crippen LogP contribution in [0.4, 0.5) is 4.39 Å². The fraction of sp³-hybridized carbons (Fsp3) is 0.471. The molecule has 0 saturated carbocycles. The Hall–Kier alpha value is -2.28. The minimum Gasteiger partial charge on any atom is -0.368 e. The van der Waals surface area contributed by atoms with E-state index in [2.05, 4.69) is 10.3 Å². The summed E-state index contributed by atoms with van der Waals surface area (Å²) in [6, 6.07) is 6.47. The van der Waals surface area contributed by atoms with Gasteiger partial charge in [-0.05, 0) is 30.5 Å². The summed E-state index contributed by atoms with van der Waals surface area (Å²) in [5.74, 6) is -0.139. The van der Waals surface area contributed by atoms with Crippen molar-refractivity contribution >= 4 is 5.91 Å². The summed E-state index contributed by atoms with van der Waals surface area (Å²) in [5, 5.41) is 8.09. The number of fused-ring (bicyclic) bond motifs is 3. The third-order valence-electron chi connectivity index (χ3n) is 4.83. The highest BCUT2D eigenvalue weighted by Gasteiger charge is 2.37. The highest BCUT2D eigenvalue weighted by atomic mass is 19.1. The molecule has 0 spiro atoms. The molecule has 2 atom stereocenters. The van der Waals surface area contributed by atoms with E-state index < -0.39 is 0 Å². The molecule has 0 N–H and O–H groups in total. The van der Waals surface area contributed by atoms with Gasteiger partial charge in [0.25, 0.3) is 0 Å². The number of carbonyl (C=O) groups excluding carboxylic acids is 1. The minimum atomic E-state index is -0.255. The van der Waals surface area contributed by atoms with Crippen LogP contribution in [0.2, 0.25) is 0 Å². The number of likely N-dealkylation sites (tertiary alicyclic amines) is 1. The number of piperidine rings is 1. The molecule has 1 aromatic carbocycles. The third kappa shape index (κ3) is 2.91. The number of aryl methyl sites for hydroxylation is 1. The maximum absolute atomic E-state index is 12.9. The Bertz CT molecular complexity index is 730. The van der Waals surface area contributed by atoms with Crippen LogP contribution in [0.3, 0.4) is 0 Å². The highest BCUT2D eigenvalue weighted by molar-refractivity contribution is 5.76. The first-order valence-corrected chi connectivity index (χ1v) is 8.23. The molecule has 1 saturated heterocycles. The molecule has 7 heteroatoms. The number of carbonyl (C=O) groups is 1. The van der Waals surface area contributed by atoms with Crippen molar-refractivity contribution in [2.24, 2.45) is 0 Å². The van der Waals surface area contributed by atoms with Gasteiger partial charge in [-0.3, -0.25) is 4.79 Å². The number of halogens is 1. The summed E-state index contributed by atoms with van der Waals surface area (Å²) in [6.07, 6.45) is 3.58. The molecule has 1 fully saturated rings. The zero-order valence-electron chi connectivity index (χ0n) is 13.3. The summed E-state index contributed by atoms with van der Waals surface area (Å²) < 4.78 is 20.7. The van der Waals surface area contributed by atoms with Crippen LogP contribution in [0.25, 0.3) is 0 Å². The Morgan fingerprint density at radius 3 is 3.00 bits per heavy atom. The molecular formula is C17H19FN4O2. The lowest BCUT2D eigenvalue weighted by atomic mass is 9.99. The highest BCUT2D eigenvalue weighted by Crippen LogP contribution is 2.30. The second-order valence-corrected chi connectivity index (χ2v) is 6.34. The lowest BCUT2D eigenvalue weighted by Crippen LogP contribution is -2.50. The van der Waals surface area contributed by atoms with Gasteiger partial charge in [0, 0.05) is 19.5 Å². The largest absolute Gasteiger partial charge is 0.368 e. The van der Waals surface area contributed by atoms with Gasteiger partial charge in [-0.2, -0.15) is 0 Å². The van der Waals surface area contributed by atoms with Gasteiger partial charge in [-0.1, -0.05) is 17.3 Å². The van der Waals surface area contributed by atoms with E-state index in [1.807, 2.05) is 9.58 Å². The predicted octanol–water partition coefficient (Wildman–Crippen LogP) is 1.72. The number of ether oxygens (including phenoxy) is 1. The SMILES string of the molecule is O=C(CCc1ccc(F)cc1)N1CC[C@H]2[C@H](C1)OCc1cnnn12. The molecule has 2 aliphatic rings. The number of rotatable bonds is 3. The Labute approximate surface area is 139 Å². The summed E-state index contributed by atoms with van der Waals surface area (Å²) in [5.41, 5.74) is 1.97. The Balaban J connectivity index is 1.35. The van der Waals surface area contributed by atoms with Crippen molar-refractivity contribution in [3.8, 4) is 0 Å². The molecule has 4 rings (SSSR count). The molecule has 6 nitrogen and oxygen atoms in total. The maximum Gasteiger partial charge on any atom is 0.222 e. The molecule has 2 aliphatic heterocycles. The van der Waals surface area contributed by atoms with Crippen LogP contribution in [0.1, 0.15) is 30.1 Å². The molecule has 126 valence electrons. The van der Waals surface area contributed by atoms with Gasteiger partial charge in [-0.15, -0.1) is 5.10 Å². The van der Waals surface area contributed by atoms with Crippen LogP contribution < -0.4 is 0 Å². The van der Waals surface area contributed by atoms with Crippen molar-refractivity contribution in [2.45, 2.75) is 38.0 Å². The van der Waals surface area contributed by atoms with Crippen molar-refractivity contribution < 1.29 is 13.9 Å². The van der Waals surface area contributed by atoms with E-state index >= 15 is 0 Å². The van der Waals surface area contributed by atoms with Gasteiger partial charge >= 0.3 is 0 Å². The fourth-order valence-corrected chi connectivity index (χ4v) is 3.47.